The molecule has 2 N–H and O–H groups in total. The average Bonchev–Trinajstić information content (AvgIpc) is 3.06. The summed E-state index contributed by atoms with van der Waals surface area (Å²) in [4.78, 5) is 24.8. The zero-order valence-electron chi connectivity index (χ0n) is 14.8. The molecule has 1 amide bonds. The number of imidazole rings is 1. The van der Waals surface area contributed by atoms with Gasteiger partial charge in [-0.3, -0.25) is 9.36 Å². The molecule has 0 saturated heterocycles. The second kappa shape index (κ2) is 7.90. The third-order valence-electron chi connectivity index (χ3n) is 3.80. The molecule has 0 bridgehead atoms. The summed E-state index contributed by atoms with van der Waals surface area (Å²) in [5.74, 6) is 0.158. The van der Waals surface area contributed by atoms with Crippen LogP contribution in [0.3, 0.4) is 0 Å². The van der Waals surface area contributed by atoms with Crippen LogP contribution in [0.4, 0.5) is 14.6 Å². The molecule has 0 atom stereocenters. The van der Waals surface area contributed by atoms with Crippen LogP contribution >= 0.6 is 0 Å². The van der Waals surface area contributed by atoms with Crippen molar-refractivity contribution < 1.29 is 13.6 Å². The first kappa shape index (κ1) is 18.4. The van der Waals surface area contributed by atoms with Gasteiger partial charge in [-0.1, -0.05) is 0 Å². The van der Waals surface area contributed by atoms with E-state index in [0.29, 0.717) is 24.0 Å². The largest absolute Gasteiger partial charge is 0.368 e. The van der Waals surface area contributed by atoms with Crippen molar-refractivity contribution in [2.45, 2.75) is 13.8 Å². The summed E-state index contributed by atoms with van der Waals surface area (Å²) in [5.41, 5.74) is 0.0599. The first-order valence-electron chi connectivity index (χ1n) is 8.27. The van der Waals surface area contributed by atoms with Gasteiger partial charge in [0.25, 0.3) is 5.91 Å². The van der Waals surface area contributed by atoms with Crippen molar-refractivity contribution in [1.29, 1.82) is 0 Å². The second-order valence-corrected chi connectivity index (χ2v) is 5.81. The van der Waals surface area contributed by atoms with Crippen LogP contribution in [-0.2, 0) is 0 Å². The van der Waals surface area contributed by atoms with Crippen molar-refractivity contribution in [3.63, 3.8) is 0 Å². The first-order chi connectivity index (χ1) is 12.9. The van der Waals surface area contributed by atoms with E-state index in [0.717, 1.165) is 18.0 Å². The maximum Gasteiger partial charge on any atom is 0.251 e. The van der Waals surface area contributed by atoms with Crippen molar-refractivity contribution >= 4 is 11.7 Å². The van der Waals surface area contributed by atoms with Crippen LogP contribution in [-0.4, -0.2) is 38.5 Å². The molecule has 0 spiro atoms. The smallest absolute Gasteiger partial charge is 0.251 e. The number of amides is 1. The number of hydrogen-bond acceptors (Lipinski definition) is 5. The number of benzene rings is 1. The third kappa shape index (κ3) is 4.43. The Morgan fingerprint density at radius 3 is 2.63 bits per heavy atom. The van der Waals surface area contributed by atoms with E-state index in [9.17, 15) is 13.6 Å². The Balaban J connectivity index is 1.57. The van der Waals surface area contributed by atoms with Crippen LogP contribution in [0.15, 0.2) is 36.7 Å². The minimum absolute atomic E-state index is 0.0599. The molecule has 2 aromatic heterocycles. The standard InChI is InChI=1S/C18H18F2N6O/c1-11-24-16(10-17(25-11)26-8-7-21-12(26)2)22-5-6-23-18(27)13-3-4-14(19)15(20)9-13/h3-4,7-10H,5-6H2,1-2H3,(H,23,27)(H,22,24,25). The quantitative estimate of drug-likeness (QED) is 0.649. The summed E-state index contributed by atoms with van der Waals surface area (Å²) in [6.07, 6.45) is 3.50. The van der Waals surface area contributed by atoms with Crippen LogP contribution in [0.5, 0.6) is 0 Å². The van der Waals surface area contributed by atoms with Crippen LogP contribution in [0.2, 0.25) is 0 Å². The van der Waals surface area contributed by atoms with Gasteiger partial charge in [-0.05, 0) is 32.0 Å². The molecule has 7 nitrogen and oxygen atoms in total. The Hall–Kier alpha value is -3.36. The number of nitrogens with one attached hydrogen (secondary N) is 2. The van der Waals surface area contributed by atoms with Gasteiger partial charge in [0.1, 0.15) is 23.3 Å². The molecule has 0 aliphatic carbocycles. The number of carbonyl (C=O) groups excluding carboxylic acids is 1. The fourth-order valence-electron chi connectivity index (χ4n) is 2.49. The highest BCUT2D eigenvalue weighted by molar-refractivity contribution is 5.94. The highest BCUT2D eigenvalue weighted by atomic mass is 19.2. The lowest BCUT2D eigenvalue weighted by Crippen LogP contribution is -2.29. The second-order valence-electron chi connectivity index (χ2n) is 5.81. The zero-order chi connectivity index (χ0) is 19.4. The van der Waals surface area contributed by atoms with Crippen LogP contribution in [0, 0.1) is 25.5 Å². The van der Waals surface area contributed by atoms with E-state index in [4.69, 9.17) is 0 Å². The van der Waals surface area contributed by atoms with Gasteiger partial charge in [-0.15, -0.1) is 0 Å². The maximum absolute atomic E-state index is 13.2. The highest BCUT2D eigenvalue weighted by Gasteiger charge is 2.09. The summed E-state index contributed by atoms with van der Waals surface area (Å²) in [7, 11) is 0. The number of halogens is 2. The van der Waals surface area contributed by atoms with Crippen LogP contribution in [0.25, 0.3) is 5.82 Å². The van der Waals surface area contributed by atoms with Gasteiger partial charge < -0.3 is 10.6 Å². The zero-order valence-corrected chi connectivity index (χ0v) is 14.8. The van der Waals surface area contributed by atoms with Gasteiger partial charge in [-0.2, -0.15) is 0 Å². The Labute approximate surface area is 154 Å². The fraction of sp³-hybridized carbons (Fsp3) is 0.222. The number of aromatic nitrogens is 4. The molecule has 0 aliphatic heterocycles. The van der Waals surface area contributed by atoms with E-state index in [1.165, 1.54) is 6.07 Å². The predicted octanol–water partition coefficient (Wildman–Crippen LogP) is 2.40. The molecule has 3 aromatic rings. The van der Waals surface area contributed by atoms with Crippen molar-refractivity contribution in [2.75, 3.05) is 18.4 Å². The van der Waals surface area contributed by atoms with Crippen molar-refractivity contribution in [1.82, 2.24) is 24.8 Å². The molecule has 2 heterocycles. The Bertz CT molecular complexity index is 972. The molecule has 140 valence electrons. The monoisotopic (exact) mass is 372 g/mol. The number of carbonyl (C=O) groups is 1. The summed E-state index contributed by atoms with van der Waals surface area (Å²) in [5, 5.41) is 5.73. The molecule has 3 rings (SSSR count). The number of anilines is 1. The number of nitrogens with zero attached hydrogens (tertiary/aromatic N) is 4. The van der Waals surface area contributed by atoms with E-state index in [1.807, 2.05) is 17.7 Å². The number of rotatable bonds is 6. The lowest BCUT2D eigenvalue weighted by atomic mass is 10.2. The van der Waals surface area contributed by atoms with Crippen LogP contribution in [0.1, 0.15) is 22.0 Å². The van der Waals surface area contributed by atoms with Crippen molar-refractivity contribution in [3.8, 4) is 5.82 Å². The molecule has 0 radical (unpaired) electrons. The van der Waals surface area contributed by atoms with E-state index in [2.05, 4.69) is 25.6 Å². The minimum Gasteiger partial charge on any atom is -0.368 e. The lowest BCUT2D eigenvalue weighted by Gasteiger charge is -2.10. The van der Waals surface area contributed by atoms with E-state index in [1.54, 1.807) is 19.2 Å². The third-order valence-corrected chi connectivity index (χ3v) is 3.80. The van der Waals surface area contributed by atoms with Gasteiger partial charge in [0, 0.05) is 37.1 Å². The van der Waals surface area contributed by atoms with Crippen LogP contribution < -0.4 is 10.6 Å². The first-order valence-corrected chi connectivity index (χ1v) is 8.27. The molecule has 0 fully saturated rings. The maximum atomic E-state index is 13.2. The fourth-order valence-corrected chi connectivity index (χ4v) is 2.49. The van der Waals surface area contributed by atoms with Gasteiger partial charge in [0.15, 0.2) is 11.6 Å². The highest BCUT2D eigenvalue weighted by Crippen LogP contribution is 2.12. The molecule has 27 heavy (non-hydrogen) atoms. The van der Waals surface area contributed by atoms with Gasteiger partial charge in [0.2, 0.25) is 0 Å². The van der Waals surface area contributed by atoms with Gasteiger partial charge in [-0.25, -0.2) is 23.7 Å². The molecule has 9 heteroatoms. The average molecular weight is 372 g/mol. The van der Waals surface area contributed by atoms with Gasteiger partial charge in [0.05, 0.1) is 0 Å². The molecule has 0 saturated carbocycles. The van der Waals surface area contributed by atoms with Gasteiger partial charge >= 0.3 is 0 Å². The number of aryl methyl sites for hydroxylation is 2. The predicted molar refractivity (Wildman–Crippen MR) is 95.8 cm³/mol. The van der Waals surface area contributed by atoms with E-state index >= 15 is 0 Å². The summed E-state index contributed by atoms with van der Waals surface area (Å²) in [6.45, 7) is 4.33. The summed E-state index contributed by atoms with van der Waals surface area (Å²) >= 11 is 0. The van der Waals surface area contributed by atoms with E-state index in [-0.39, 0.29) is 12.1 Å². The Kier molecular flexibility index (Phi) is 5.39. The molecule has 0 unspecified atom stereocenters. The Morgan fingerprint density at radius 1 is 1.11 bits per heavy atom. The Morgan fingerprint density at radius 2 is 1.93 bits per heavy atom. The van der Waals surface area contributed by atoms with E-state index < -0.39 is 17.5 Å². The topological polar surface area (TPSA) is 84.7 Å². The SMILES string of the molecule is Cc1nc(NCCNC(=O)c2ccc(F)c(F)c2)cc(-n2ccnc2C)n1. The molecular weight excluding hydrogens is 354 g/mol. The summed E-state index contributed by atoms with van der Waals surface area (Å²) in [6, 6.07) is 4.80. The number of hydrogen-bond donors (Lipinski definition) is 2. The minimum atomic E-state index is -1.06. The molecule has 0 aliphatic rings. The normalized spacial score (nSPS) is 10.7. The summed E-state index contributed by atoms with van der Waals surface area (Å²) < 4.78 is 27.9. The molecular formula is C18H18F2N6O. The lowest BCUT2D eigenvalue weighted by molar-refractivity contribution is 0.0954. The molecule has 1 aromatic carbocycles. The van der Waals surface area contributed by atoms with Crippen molar-refractivity contribution in [3.05, 3.63) is 65.5 Å². The van der Waals surface area contributed by atoms with Crippen molar-refractivity contribution in [2.24, 2.45) is 0 Å².